The van der Waals surface area contributed by atoms with Crippen molar-refractivity contribution in [2.75, 3.05) is 19.6 Å². The number of hydrogen-bond donors (Lipinski definition) is 1. The van der Waals surface area contributed by atoms with E-state index in [2.05, 4.69) is 10.3 Å². The van der Waals surface area contributed by atoms with E-state index in [1.807, 2.05) is 26.0 Å². The van der Waals surface area contributed by atoms with E-state index in [-0.39, 0.29) is 23.1 Å². The molecule has 1 saturated heterocycles. The van der Waals surface area contributed by atoms with Crippen LogP contribution in [0.4, 0.5) is 0 Å². The number of carbonyl (C=O) groups excluding carboxylic acids is 1. The number of fused-ring (bicyclic) bond motifs is 1. The molecule has 3 rings (SSSR count). The average molecular weight is 286 g/mol. The minimum Gasteiger partial charge on any atom is -0.333 e. The van der Waals surface area contributed by atoms with Gasteiger partial charge in [-0.15, -0.1) is 0 Å². The third-order valence-corrected chi connectivity index (χ3v) is 3.86. The molecule has 2 aromatic heterocycles. The molecule has 1 amide bonds. The van der Waals surface area contributed by atoms with Crippen molar-refractivity contribution in [2.45, 2.75) is 19.9 Å². The third kappa shape index (κ3) is 2.42. The highest BCUT2D eigenvalue weighted by atomic mass is 16.2. The fourth-order valence-electron chi connectivity index (χ4n) is 2.62. The second kappa shape index (κ2) is 5.29. The predicted octanol–water partition coefficient (Wildman–Crippen LogP) is 0.437. The molecule has 0 bridgehead atoms. The quantitative estimate of drug-likeness (QED) is 0.826. The molecular formula is C15H18N4O2. The van der Waals surface area contributed by atoms with E-state index >= 15 is 0 Å². The number of nitrogens with one attached hydrogen (secondary N) is 1. The van der Waals surface area contributed by atoms with E-state index in [1.165, 1.54) is 10.6 Å². The minimum absolute atomic E-state index is 0.0735. The van der Waals surface area contributed by atoms with Crippen molar-refractivity contribution >= 4 is 11.6 Å². The molecule has 0 aromatic carbocycles. The number of rotatable bonds is 1. The van der Waals surface area contributed by atoms with Gasteiger partial charge < -0.3 is 10.2 Å². The Kier molecular flexibility index (Phi) is 3.47. The molecule has 1 atom stereocenters. The van der Waals surface area contributed by atoms with Gasteiger partial charge in [-0.3, -0.25) is 14.0 Å². The van der Waals surface area contributed by atoms with Crippen molar-refractivity contribution in [3.8, 4) is 0 Å². The Balaban J connectivity index is 2.04. The first-order valence-corrected chi connectivity index (χ1v) is 7.07. The Morgan fingerprint density at radius 1 is 1.48 bits per heavy atom. The highest BCUT2D eigenvalue weighted by Gasteiger charge is 2.26. The third-order valence-electron chi connectivity index (χ3n) is 3.86. The van der Waals surface area contributed by atoms with Crippen molar-refractivity contribution in [3.05, 3.63) is 46.0 Å². The van der Waals surface area contributed by atoms with Crippen LogP contribution in [0.15, 0.2) is 29.3 Å². The van der Waals surface area contributed by atoms with E-state index in [0.717, 1.165) is 18.7 Å². The standard InChI is InChI=1S/C15H18N4O2/c1-10-3-5-19-13(7-10)17-9-12(15(19)21)14(20)18-6-4-16-8-11(18)2/h3,5,7,9,11,16H,4,6,8H2,1-2H3/t11-/m0/s1. The van der Waals surface area contributed by atoms with Crippen LogP contribution < -0.4 is 10.9 Å². The summed E-state index contributed by atoms with van der Waals surface area (Å²) in [4.78, 5) is 31.1. The molecule has 110 valence electrons. The molecule has 6 heteroatoms. The van der Waals surface area contributed by atoms with Crippen LogP contribution in [0.5, 0.6) is 0 Å². The summed E-state index contributed by atoms with van der Waals surface area (Å²) in [5.74, 6) is -0.239. The lowest BCUT2D eigenvalue weighted by molar-refractivity contribution is 0.0653. The first kappa shape index (κ1) is 13.8. The second-order valence-corrected chi connectivity index (χ2v) is 5.46. The molecular weight excluding hydrogens is 268 g/mol. The Morgan fingerprint density at radius 3 is 3.05 bits per heavy atom. The predicted molar refractivity (Wildman–Crippen MR) is 79.6 cm³/mol. The number of nitrogens with zero attached hydrogens (tertiary/aromatic N) is 3. The molecule has 1 fully saturated rings. The number of pyridine rings is 1. The summed E-state index contributed by atoms with van der Waals surface area (Å²) in [7, 11) is 0. The first-order chi connectivity index (χ1) is 10.1. The van der Waals surface area contributed by atoms with Crippen LogP contribution in [0.2, 0.25) is 0 Å². The smallest absolute Gasteiger partial charge is 0.270 e. The highest BCUT2D eigenvalue weighted by molar-refractivity contribution is 5.94. The van der Waals surface area contributed by atoms with Gasteiger partial charge in [0.1, 0.15) is 11.2 Å². The van der Waals surface area contributed by atoms with Crippen LogP contribution in [0.25, 0.3) is 5.65 Å². The molecule has 1 N–H and O–H groups in total. The normalized spacial score (nSPS) is 19.0. The van der Waals surface area contributed by atoms with E-state index in [4.69, 9.17) is 0 Å². The van der Waals surface area contributed by atoms with Gasteiger partial charge in [0.05, 0.1) is 0 Å². The Bertz CT molecular complexity index is 753. The van der Waals surface area contributed by atoms with Crippen molar-refractivity contribution in [3.63, 3.8) is 0 Å². The van der Waals surface area contributed by atoms with Gasteiger partial charge in [-0.2, -0.15) is 0 Å². The number of aryl methyl sites for hydroxylation is 1. The van der Waals surface area contributed by atoms with Gasteiger partial charge in [-0.25, -0.2) is 4.98 Å². The number of piperazine rings is 1. The van der Waals surface area contributed by atoms with E-state index in [9.17, 15) is 9.59 Å². The van der Waals surface area contributed by atoms with E-state index in [0.29, 0.717) is 12.2 Å². The summed E-state index contributed by atoms with van der Waals surface area (Å²) >= 11 is 0. The van der Waals surface area contributed by atoms with Crippen molar-refractivity contribution < 1.29 is 4.79 Å². The van der Waals surface area contributed by atoms with E-state index in [1.54, 1.807) is 11.1 Å². The SMILES string of the molecule is Cc1ccn2c(=O)c(C(=O)N3CCNC[C@@H]3C)cnc2c1. The zero-order chi connectivity index (χ0) is 15.0. The topological polar surface area (TPSA) is 66.7 Å². The Labute approximate surface area is 122 Å². The molecule has 3 heterocycles. The first-order valence-electron chi connectivity index (χ1n) is 7.07. The van der Waals surface area contributed by atoms with Gasteiger partial charge in [0.25, 0.3) is 11.5 Å². The van der Waals surface area contributed by atoms with Gasteiger partial charge in [0, 0.05) is 38.1 Å². The van der Waals surface area contributed by atoms with Crippen LogP contribution in [0, 0.1) is 6.92 Å². The molecule has 0 saturated carbocycles. The van der Waals surface area contributed by atoms with Gasteiger partial charge in [0.2, 0.25) is 0 Å². The molecule has 0 radical (unpaired) electrons. The fraction of sp³-hybridized carbons (Fsp3) is 0.400. The van der Waals surface area contributed by atoms with Crippen molar-refractivity contribution in [1.82, 2.24) is 19.6 Å². The molecule has 1 aliphatic heterocycles. The zero-order valence-corrected chi connectivity index (χ0v) is 12.2. The van der Waals surface area contributed by atoms with Gasteiger partial charge in [-0.1, -0.05) is 0 Å². The molecule has 2 aromatic rings. The average Bonchev–Trinajstić information content (AvgIpc) is 2.47. The lowest BCUT2D eigenvalue weighted by atomic mass is 10.1. The fourth-order valence-corrected chi connectivity index (χ4v) is 2.62. The molecule has 1 aliphatic rings. The minimum atomic E-state index is -0.310. The van der Waals surface area contributed by atoms with Crippen LogP contribution >= 0.6 is 0 Å². The molecule has 21 heavy (non-hydrogen) atoms. The number of hydrogen-bond acceptors (Lipinski definition) is 4. The van der Waals surface area contributed by atoms with Crippen LogP contribution in [-0.2, 0) is 0 Å². The lowest BCUT2D eigenvalue weighted by Crippen LogP contribution is -2.53. The molecule has 0 aliphatic carbocycles. The summed E-state index contributed by atoms with van der Waals surface area (Å²) in [5, 5.41) is 3.23. The largest absolute Gasteiger partial charge is 0.333 e. The Morgan fingerprint density at radius 2 is 2.29 bits per heavy atom. The second-order valence-electron chi connectivity index (χ2n) is 5.46. The number of amides is 1. The molecule has 6 nitrogen and oxygen atoms in total. The van der Waals surface area contributed by atoms with Crippen molar-refractivity contribution in [1.29, 1.82) is 0 Å². The van der Waals surface area contributed by atoms with E-state index < -0.39 is 0 Å². The van der Waals surface area contributed by atoms with Crippen molar-refractivity contribution in [2.24, 2.45) is 0 Å². The molecule has 0 spiro atoms. The maximum atomic E-state index is 12.6. The van der Waals surface area contributed by atoms with Gasteiger partial charge in [-0.05, 0) is 31.5 Å². The van der Waals surface area contributed by atoms with Gasteiger partial charge in [0.15, 0.2) is 0 Å². The van der Waals surface area contributed by atoms with Crippen LogP contribution in [-0.4, -0.2) is 45.9 Å². The van der Waals surface area contributed by atoms with Crippen LogP contribution in [0.3, 0.4) is 0 Å². The summed E-state index contributed by atoms with van der Waals surface area (Å²) in [6, 6.07) is 3.73. The number of aromatic nitrogens is 2. The lowest BCUT2D eigenvalue weighted by Gasteiger charge is -2.33. The van der Waals surface area contributed by atoms with Crippen LogP contribution in [0.1, 0.15) is 22.8 Å². The molecule has 0 unspecified atom stereocenters. The van der Waals surface area contributed by atoms with Gasteiger partial charge >= 0.3 is 0 Å². The highest BCUT2D eigenvalue weighted by Crippen LogP contribution is 2.08. The number of carbonyl (C=O) groups is 1. The Hall–Kier alpha value is -2.21. The summed E-state index contributed by atoms with van der Waals surface area (Å²) in [5.41, 5.74) is 1.41. The summed E-state index contributed by atoms with van der Waals surface area (Å²) < 4.78 is 1.42. The monoisotopic (exact) mass is 286 g/mol. The summed E-state index contributed by atoms with van der Waals surface area (Å²) in [6.45, 7) is 6.01. The maximum Gasteiger partial charge on any atom is 0.270 e. The summed E-state index contributed by atoms with van der Waals surface area (Å²) in [6.07, 6.45) is 3.06. The maximum absolute atomic E-state index is 12.6. The zero-order valence-electron chi connectivity index (χ0n) is 12.2.